The number of benzene rings is 2. The maximum absolute atomic E-state index is 12.7. The Bertz CT molecular complexity index is 2800. The summed E-state index contributed by atoms with van der Waals surface area (Å²) >= 11 is 0. The molecule has 100 heavy (non-hydrogen) atoms. The number of ether oxygens (including phenoxy) is 3. The number of Topliss-reactive ketones (excluding diaryl/α,β-unsaturated/α-hetero) is 2. The molecule has 574 valence electrons. The number of carbonyl (C=O) groups excluding carboxylic acids is 5. The van der Waals surface area contributed by atoms with Crippen molar-refractivity contribution in [3.05, 3.63) is 48.5 Å². The number of aromatic nitrogens is 6. The fourth-order valence-corrected chi connectivity index (χ4v) is 10.8. The molecule has 7 rings (SSSR count). The van der Waals surface area contributed by atoms with Crippen molar-refractivity contribution in [1.82, 2.24) is 56.1 Å². The highest BCUT2D eigenvalue weighted by molar-refractivity contribution is 5.85. The van der Waals surface area contributed by atoms with Crippen LogP contribution in [0.5, 0.6) is 0 Å². The standard InChI is InChI=1S/C21H38N2O4.C14H27NO.C8H17N3.C7H13NO4.2C6H5N3O.C6H15N.C4H8O.CH4.ClH/c1-14(2)16-10-9-15(3)12-17(16)18(24)8-7-11-22-19(25)13-23-20(26)27-21(4,5)6;1-10(2)12-7-6-11(3)9-13(12)14(16)5-4-8-15;1-4-9-8-10-6-5-7-11(2)3;1-7(2,3)12-6(11)8-4-5(9)10;2*10-9-6-4-2-1-3-5(6)7-8-9;1-4-7(5-2)6-3;1-2-4-5-3-1;;/h14-17H,7-13H2,1-6H3,(H,22,25)(H,23,26);10-13H,4-9,15H2,1-3H3;4-7H2,1-3H3;4H2,1-3H3,(H,8,11)(H,9,10);2*1-4,10H;4-6H2,1-3H3;1-4H2;1H4;1H/t15-,16+,17-;11-,12+,13-;;;;;;;;/m11......../s1. The van der Waals surface area contributed by atoms with Crippen LogP contribution in [0.15, 0.2) is 58.5 Å². The minimum atomic E-state index is -1.10. The van der Waals surface area contributed by atoms with Gasteiger partial charge in [-0.25, -0.2) is 19.6 Å². The summed E-state index contributed by atoms with van der Waals surface area (Å²) in [6.07, 6.45) is 12.0. The number of nitrogens with zero attached hydrogens (tertiary/aromatic N) is 10. The van der Waals surface area contributed by atoms with Gasteiger partial charge < -0.3 is 61.2 Å². The van der Waals surface area contributed by atoms with Gasteiger partial charge in [-0.2, -0.15) is 0 Å². The number of para-hydroxylation sites is 2. The number of carboxylic acid groups (broad SMARTS) is 1. The molecule has 0 spiro atoms. The Morgan fingerprint density at radius 3 is 1.45 bits per heavy atom. The second-order valence-electron chi connectivity index (χ2n) is 27.7. The first-order chi connectivity index (χ1) is 46.2. The van der Waals surface area contributed by atoms with E-state index in [1.54, 1.807) is 65.8 Å². The van der Waals surface area contributed by atoms with Gasteiger partial charge in [0.25, 0.3) is 0 Å². The number of aliphatic imine (C=N–C) groups is 2. The average Bonchev–Trinajstić information content (AvgIpc) is 1.19. The minimum Gasteiger partial charge on any atom is -0.480 e. The minimum absolute atomic E-state index is 0. The summed E-state index contributed by atoms with van der Waals surface area (Å²) in [5.74, 6) is 3.52. The second kappa shape index (κ2) is 55.8. The number of aliphatic carboxylic acids is 1. The predicted molar refractivity (Wildman–Crippen MR) is 402 cm³/mol. The van der Waals surface area contributed by atoms with Gasteiger partial charge in [-0.1, -0.05) is 117 Å². The van der Waals surface area contributed by atoms with E-state index in [0.29, 0.717) is 101 Å². The molecular weight excluding hydrogens is 1300 g/mol. The first kappa shape index (κ1) is 97.3. The van der Waals surface area contributed by atoms with Crippen molar-refractivity contribution in [3.8, 4) is 0 Å². The summed E-state index contributed by atoms with van der Waals surface area (Å²) in [5, 5.41) is 47.5. The smallest absolute Gasteiger partial charge is 0.408 e. The molecule has 2 aromatic carbocycles. The lowest BCUT2D eigenvalue weighted by Gasteiger charge is -2.36. The first-order valence-corrected chi connectivity index (χ1v) is 35.4. The number of carboxylic acids is 1. The van der Waals surface area contributed by atoms with Crippen LogP contribution in [0, 0.1) is 47.3 Å². The maximum atomic E-state index is 12.7. The van der Waals surface area contributed by atoms with Gasteiger partial charge in [0.05, 0.1) is 19.1 Å². The summed E-state index contributed by atoms with van der Waals surface area (Å²) in [6, 6.07) is 17.0. The number of nitrogens with two attached hydrogens (primary N) is 1. The normalized spacial score (nSPS) is 17.4. The second-order valence-corrected chi connectivity index (χ2v) is 27.7. The van der Waals surface area contributed by atoms with Gasteiger partial charge in [-0.3, -0.25) is 19.2 Å². The van der Waals surface area contributed by atoms with E-state index < -0.39 is 35.9 Å². The van der Waals surface area contributed by atoms with Gasteiger partial charge in [0.2, 0.25) is 5.91 Å². The zero-order chi connectivity index (χ0) is 74.2. The quantitative estimate of drug-likeness (QED) is 0.0206. The van der Waals surface area contributed by atoms with E-state index >= 15 is 0 Å². The van der Waals surface area contributed by atoms with E-state index in [2.05, 4.69) is 139 Å². The van der Waals surface area contributed by atoms with Crippen LogP contribution in [-0.4, -0.2) is 201 Å². The third-order valence-electron chi connectivity index (χ3n) is 16.0. The molecule has 1 saturated heterocycles. The van der Waals surface area contributed by atoms with Crippen LogP contribution < -0.4 is 21.7 Å². The molecule has 2 aliphatic carbocycles. The van der Waals surface area contributed by atoms with Crippen LogP contribution in [0.3, 0.4) is 0 Å². The van der Waals surface area contributed by atoms with Gasteiger partial charge in [-0.05, 0) is 223 Å². The predicted octanol–water partition coefficient (Wildman–Crippen LogP) is 13.0. The number of nitrogens with one attached hydrogen (secondary N) is 3. The number of fused-ring (bicyclic) bond motifs is 2. The number of rotatable bonds is 23. The monoisotopic (exact) mass is 1430 g/mol. The Hall–Kier alpha value is -6.83. The SMILES string of the molecule is C.C1CCOC1.CC(C)(C)OC(=O)NCC(=O)O.CC(C)[C@@H]1CC[C@@H](C)C[C@H]1C(=O)CCCN.CC(C)[C@@H]1CC[C@@H](C)C[C@H]1C(=O)CCCNC(=O)CNC(=O)OC(C)(C)C.CCN(CC)CC.CCN=C=NCCCN(C)C.Cl.On1nnc2ccccc21.On1nnc2ccccc21. The third-order valence-corrected chi connectivity index (χ3v) is 16.0. The zero-order valence-corrected chi connectivity index (χ0v) is 64.2. The van der Waals surface area contributed by atoms with Gasteiger partial charge in [-0.15, -0.1) is 22.6 Å². The lowest BCUT2D eigenvalue weighted by Crippen LogP contribution is -2.40. The van der Waals surface area contributed by atoms with E-state index in [1.165, 1.54) is 51.7 Å². The first-order valence-electron chi connectivity index (χ1n) is 35.4. The number of hydrogen-bond donors (Lipinski definition) is 7. The molecule has 4 aromatic rings. The molecule has 3 heterocycles. The Labute approximate surface area is 605 Å². The van der Waals surface area contributed by atoms with E-state index in [4.69, 9.17) is 35.5 Å². The zero-order valence-electron chi connectivity index (χ0n) is 63.4. The Kier molecular flexibility index (Phi) is 54.3. The van der Waals surface area contributed by atoms with Gasteiger partial charge in [0.1, 0.15) is 51.4 Å². The molecular formula is C73H133ClN14O12. The van der Waals surface area contributed by atoms with Crippen LogP contribution in [0.1, 0.15) is 202 Å². The lowest BCUT2D eigenvalue weighted by atomic mass is 9.68. The number of amides is 3. The van der Waals surface area contributed by atoms with Gasteiger partial charge in [0, 0.05) is 51.0 Å². The molecule has 2 aromatic heterocycles. The van der Waals surface area contributed by atoms with Gasteiger partial charge >= 0.3 is 18.2 Å². The molecule has 1 aliphatic heterocycles. The third kappa shape index (κ3) is 47.3. The highest BCUT2D eigenvalue weighted by Gasteiger charge is 2.36. The molecule has 8 N–H and O–H groups in total. The summed E-state index contributed by atoms with van der Waals surface area (Å²) in [4.78, 5) is 82.8. The fourth-order valence-electron chi connectivity index (χ4n) is 10.8. The van der Waals surface area contributed by atoms with Crippen LogP contribution in [-0.2, 0) is 33.4 Å². The summed E-state index contributed by atoms with van der Waals surface area (Å²) in [5.41, 5.74) is 6.94. The van der Waals surface area contributed by atoms with Crippen molar-refractivity contribution in [2.75, 3.05) is 92.8 Å². The van der Waals surface area contributed by atoms with E-state index in [9.17, 15) is 28.8 Å². The average molecular weight is 1430 g/mol. The molecule has 3 amide bonds. The highest BCUT2D eigenvalue weighted by atomic mass is 35.5. The molecule has 0 bridgehead atoms. The summed E-state index contributed by atoms with van der Waals surface area (Å²) in [7, 11) is 4.12. The molecule has 26 nitrogen and oxygen atoms in total. The van der Waals surface area contributed by atoms with Crippen LogP contribution in [0.4, 0.5) is 9.59 Å². The molecule has 3 fully saturated rings. The number of hydrogen-bond acceptors (Lipinski definition) is 20. The van der Waals surface area contributed by atoms with Crippen LogP contribution in [0.2, 0.25) is 0 Å². The van der Waals surface area contributed by atoms with Crippen molar-refractivity contribution >= 4 is 76.1 Å². The van der Waals surface area contributed by atoms with Crippen molar-refractivity contribution in [1.29, 1.82) is 0 Å². The highest BCUT2D eigenvalue weighted by Crippen LogP contribution is 2.40. The number of ketones is 2. The number of alkyl carbamates (subject to hydrolysis) is 2. The molecule has 27 heteroatoms. The molecule has 0 radical (unpaired) electrons. The largest absolute Gasteiger partial charge is 0.480 e. The molecule has 3 aliphatic rings. The number of carbonyl (C=O) groups is 6. The Balaban J connectivity index is -0.00000112. The van der Waals surface area contributed by atoms with Crippen molar-refractivity contribution in [3.63, 3.8) is 0 Å². The van der Waals surface area contributed by atoms with Gasteiger partial charge in [0.15, 0.2) is 0 Å². The summed E-state index contributed by atoms with van der Waals surface area (Å²) in [6.45, 7) is 41.1. The number of halogens is 1. The van der Waals surface area contributed by atoms with Crippen LogP contribution >= 0.6 is 12.4 Å². The van der Waals surface area contributed by atoms with E-state index in [-0.39, 0.29) is 38.2 Å². The Morgan fingerprint density at radius 1 is 0.670 bits per heavy atom. The van der Waals surface area contributed by atoms with E-state index in [1.807, 2.05) is 31.2 Å². The lowest BCUT2D eigenvalue weighted by molar-refractivity contribution is -0.136. The topological polar surface area (TPSA) is 346 Å². The van der Waals surface area contributed by atoms with Crippen LogP contribution in [0.25, 0.3) is 22.1 Å². The van der Waals surface area contributed by atoms with Crippen molar-refractivity contribution < 1.29 is 58.5 Å². The fraction of sp³-hybridized carbons (Fsp3) is 0.740. The van der Waals surface area contributed by atoms with Crippen molar-refractivity contribution in [2.24, 2.45) is 63.1 Å². The van der Waals surface area contributed by atoms with Crippen molar-refractivity contribution in [2.45, 2.75) is 213 Å². The van der Waals surface area contributed by atoms with E-state index in [0.717, 1.165) is 80.6 Å². The molecule has 6 atom stereocenters. The molecule has 0 unspecified atom stereocenters. The Morgan fingerprint density at radius 2 is 1.10 bits per heavy atom. The maximum Gasteiger partial charge on any atom is 0.408 e. The molecule has 2 saturated carbocycles. The summed E-state index contributed by atoms with van der Waals surface area (Å²) < 4.78 is 14.8.